The summed E-state index contributed by atoms with van der Waals surface area (Å²) in [6.45, 7) is 5.82. The predicted octanol–water partition coefficient (Wildman–Crippen LogP) is 3.62. The maximum atomic E-state index is 13.4. The fourth-order valence-electron chi connectivity index (χ4n) is 5.16. The van der Waals surface area contributed by atoms with Crippen LogP contribution < -0.4 is 5.32 Å². The van der Waals surface area contributed by atoms with Gasteiger partial charge in [0.25, 0.3) is 0 Å². The Morgan fingerprint density at radius 2 is 1.80 bits per heavy atom. The van der Waals surface area contributed by atoms with Crippen LogP contribution >= 0.6 is 11.3 Å². The van der Waals surface area contributed by atoms with Crippen LogP contribution in [0.3, 0.4) is 0 Å². The summed E-state index contributed by atoms with van der Waals surface area (Å²) in [5.41, 5.74) is 0.682. The van der Waals surface area contributed by atoms with Crippen molar-refractivity contribution in [3.05, 3.63) is 52.2 Å². The minimum absolute atomic E-state index is 0.0380. The molecule has 1 aromatic heterocycles. The first-order chi connectivity index (χ1) is 16.7. The lowest BCUT2D eigenvalue weighted by Crippen LogP contribution is -2.45. The molecule has 1 atom stereocenters. The van der Waals surface area contributed by atoms with E-state index >= 15 is 0 Å². The maximum absolute atomic E-state index is 13.4. The van der Waals surface area contributed by atoms with E-state index in [0.29, 0.717) is 17.9 Å². The van der Waals surface area contributed by atoms with Crippen LogP contribution in [0.2, 0.25) is 0 Å². The summed E-state index contributed by atoms with van der Waals surface area (Å²) in [7, 11) is -3.22. The van der Waals surface area contributed by atoms with Gasteiger partial charge in [0.05, 0.1) is 16.4 Å². The molecule has 1 aromatic carbocycles. The summed E-state index contributed by atoms with van der Waals surface area (Å²) in [5, 5.41) is 5.20. The highest BCUT2D eigenvalue weighted by molar-refractivity contribution is 7.90. The Hall–Kier alpha value is -2.23. The molecule has 0 saturated carbocycles. The molecule has 0 aliphatic carbocycles. The lowest BCUT2D eigenvalue weighted by Gasteiger charge is -2.38. The fraction of sp³-hybridized carbons (Fsp3) is 0.538. The molecular weight excluding hydrogens is 482 g/mol. The highest BCUT2D eigenvalue weighted by Crippen LogP contribution is 2.42. The molecule has 2 aliphatic rings. The van der Waals surface area contributed by atoms with Crippen molar-refractivity contribution in [1.82, 2.24) is 15.1 Å². The molecule has 7 nitrogen and oxygen atoms in total. The Bertz CT molecular complexity index is 1120. The van der Waals surface area contributed by atoms with Crippen molar-refractivity contribution >= 4 is 33.0 Å². The van der Waals surface area contributed by atoms with Gasteiger partial charge in [0.1, 0.15) is 0 Å². The topological polar surface area (TPSA) is 86.8 Å². The van der Waals surface area contributed by atoms with Gasteiger partial charge in [-0.2, -0.15) is 0 Å². The van der Waals surface area contributed by atoms with E-state index in [1.165, 1.54) is 11.1 Å². The van der Waals surface area contributed by atoms with Gasteiger partial charge in [-0.05, 0) is 67.9 Å². The molecular formula is C26H35N3O4S2. The maximum Gasteiger partial charge on any atom is 0.229 e. The number of likely N-dealkylation sites (tertiary alicyclic amines) is 2. The van der Waals surface area contributed by atoms with Gasteiger partial charge in [0, 0.05) is 37.2 Å². The SMILES string of the molecule is CCC(=O)NC(CCN1CCC2(CC1)CCN(Cc1ccc(S(C)(=O)=O)cc1)C2=O)c1cccs1. The number of sulfone groups is 1. The van der Waals surface area contributed by atoms with E-state index in [1.807, 2.05) is 23.3 Å². The summed E-state index contributed by atoms with van der Waals surface area (Å²) in [6, 6.07) is 11.0. The minimum atomic E-state index is -3.22. The average Bonchev–Trinajstić information content (AvgIpc) is 3.48. The molecule has 190 valence electrons. The molecule has 3 heterocycles. The lowest BCUT2D eigenvalue weighted by atomic mass is 9.77. The number of hydrogen-bond donors (Lipinski definition) is 1. The summed E-state index contributed by atoms with van der Waals surface area (Å²) in [4.78, 5) is 31.2. The van der Waals surface area contributed by atoms with E-state index in [1.54, 1.807) is 35.6 Å². The van der Waals surface area contributed by atoms with E-state index in [-0.39, 0.29) is 23.3 Å². The Morgan fingerprint density at radius 1 is 1.11 bits per heavy atom. The molecule has 1 unspecified atom stereocenters. The first-order valence-electron chi connectivity index (χ1n) is 12.3. The van der Waals surface area contributed by atoms with Crippen molar-refractivity contribution < 1.29 is 18.0 Å². The highest BCUT2D eigenvalue weighted by Gasteiger charge is 2.47. The Balaban J connectivity index is 1.30. The van der Waals surface area contributed by atoms with Crippen molar-refractivity contribution in [3.63, 3.8) is 0 Å². The standard InChI is InChI=1S/C26H35N3O4S2/c1-3-24(30)27-22(23-5-4-18-34-23)10-14-28-15-11-26(12-16-28)13-17-29(25(26)31)19-20-6-8-21(9-7-20)35(2,32)33/h4-9,18,22H,3,10-17,19H2,1-2H3,(H,27,30). The van der Waals surface area contributed by atoms with Crippen LogP contribution in [-0.4, -0.2) is 62.5 Å². The second-order valence-electron chi connectivity index (χ2n) is 9.79. The molecule has 35 heavy (non-hydrogen) atoms. The van der Waals surface area contributed by atoms with Crippen molar-refractivity contribution in [2.45, 2.75) is 56.5 Å². The smallest absolute Gasteiger partial charge is 0.229 e. The summed E-state index contributed by atoms with van der Waals surface area (Å²) >= 11 is 1.68. The van der Waals surface area contributed by atoms with Crippen molar-refractivity contribution in [2.75, 3.05) is 32.4 Å². The van der Waals surface area contributed by atoms with Crippen LogP contribution in [0, 0.1) is 5.41 Å². The predicted molar refractivity (Wildman–Crippen MR) is 138 cm³/mol. The summed E-state index contributed by atoms with van der Waals surface area (Å²) < 4.78 is 23.4. The number of amides is 2. The largest absolute Gasteiger partial charge is 0.348 e. The van der Waals surface area contributed by atoms with E-state index < -0.39 is 9.84 Å². The van der Waals surface area contributed by atoms with Crippen LogP contribution in [0.25, 0.3) is 0 Å². The number of piperidine rings is 1. The molecule has 2 saturated heterocycles. The van der Waals surface area contributed by atoms with Gasteiger partial charge in [0.2, 0.25) is 11.8 Å². The van der Waals surface area contributed by atoms with Gasteiger partial charge >= 0.3 is 0 Å². The van der Waals surface area contributed by atoms with Gasteiger partial charge in [-0.3, -0.25) is 9.59 Å². The van der Waals surface area contributed by atoms with Crippen LogP contribution in [0.15, 0.2) is 46.7 Å². The second-order valence-corrected chi connectivity index (χ2v) is 12.8. The summed E-state index contributed by atoms with van der Waals surface area (Å²) in [6.07, 6.45) is 5.15. The van der Waals surface area contributed by atoms with Gasteiger partial charge in [-0.25, -0.2) is 8.42 Å². The number of carbonyl (C=O) groups is 2. The molecule has 1 spiro atoms. The van der Waals surface area contributed by atoms with Crippen LogP contribution in [0.4, 0.5) is 0 Å². The van der Waals surface area contributed by atoms with Gasteiger partial charge in [0.15, 0.2) is 9.84 Å². The quantitative estimate of drug-likeness (QED) is 0.549. The second kappa shape index (κ2) is 10.8. The molecule has 0 bridgehead atoms. The monoisotopic (exact) mass is 517 g/mol. The van der Waals surface area contributed by atoms with Crippen molar-refractivity contribution in [3.8, 4) is 0 Å². The molecule has 2 aromatic rings. The van der Waals surface area contributed by atoms with Crippen LogP contribution in [-0.2, 0) is 26.0 Å². The van der Waals surface area contributed by atoms with Crippen molar-refractivity contribution in [2.24, 2.45) is 5.41 Å². The molecule has 4 rings (SSSR count). The number of nitrogens with one attached hydrogen (secondary N) is 1. The number of thiophene rings is 1. The molecule has 1 N–H and O–H groups in total. The molecule has 2 fully saturated rings. The first-order valence-corrected chi connectivity index (χ1v) is 15.1. The van der Waals surface area contributed by atoms with Gasteiger partial charge in [-0.1, -0.05) is 25.1 Å². The zero-order valence-corrected chi connectivity index (χ0v) is 22.2. The zero-order chi connectivity index (χ0) is 25.1. The Labute approximate surface area is 212 Å². The fourth-order valence-corrected chi connectivity index (χ4v) is 6.60. The van der Waals surface area contributed by atoms with Gasteiger partial charge in [-0.15, -0.1) is 11.3 Å². The zero-order valence-electron chi connectivity index (χ0n) is 20.5. The van der Waals surface area contributed by atoms with Gasteiger partial charge < -0.3 is 15.1 Å². The number of nitrogens with zero attached hydrogens (tertiary/aromatic N) is 2. The number of hydrogen-bond acceptors (Lipinski definition) is 6. The number of carbonyl (C=O) groups excluding carboxylic acids is 2. The van der Waals surface area contributed by atoms with Crippen LogP contribution in [0.5, 0.6) is 0 Å². The molecule has 2 amide bonds. The van der Waals surface area contributed by atoms with Crippen molar-refractivity contribution in [1.29, 1.82) is 0 Å². The molecule has 9 heteroatoms. The average molecular weight is 518 g/mol. The summed E-state index contributed by atoms with van der Waals surface area (Å²) in [5.74, 6) is 0.305. The Kier molecular flexibility index (Phi) is 7.98. The number of rotatable bonds is 9. The Morgan fingerprint density at radius 3 is 2.40 bits per heavy atom. The highest BCUT2D eigenvalue weighted by atomic mass is 32.2. The normalized spacial score (nSPS) is 19.3. The van der Waals surface area contributed by atoms with E-state index in [4.69, 9.17) is 0 Å². The minimum Gasteiger partial charge on any atom is -0.348 e. The van der Waals surface area contributed by atoms with E-state index in [0.717, 1.165) is 57.4 Å². The lowest BCUT2D eigenvalue weighted by molar-refractivity contribution is -0.139. The third-order valence-electron chi connectivity index (χ3n) is 7.42. The third-order valence-corrected chi connectivity index (χ3v) is 9.53. The molecule has 2 aliphatic heterocycles. The third kappa shape index (κ3) is 6.13. The van der Waals surface area contributed by atoms with Crippen LogP contribution in [0.1, 0.15) is 55.5 Å². The number of benzene rings is 1. The van der Waals surface area contributed by atoms with E-state index in [9.17, 15) is 18.0 Å². The molecule has 0 radical (unpaired) electrons. The van der Waals surface area contributed by atoms with E-state index in [2.05, 4.69) is 16.3 Å². The first kappa shape index (κ1) is 25.9.